The van der Waals surface area contributed by atoms with Crippen LogP contribution in [-0.4, -0.2) is 16.2 Å². The maximum Gasteiger partial charge on any atom is 0.240 e. The van der Waals surface area contributed by atoms with Crippen LogP contribution in [0.1, 0.15) is 38.4 Å². The summed E-state index contributed by atoms with van der Waals surface area (Å²) in [6.07, 6.45) is 2.37. The monoisotopic (exact) mass is 183 g/mol. The predicted molar refractivity (Wildman–Crippen MR) is 50.2 cm³/mol. The quantitative estimate of drug-likeness (QED) is 0.754. The van der Waals surface area contributed by atoms with Gasteiger partial charge in [0.25, 0.3) is 0 Å². The fourth-order valence-electron chi connectivity index (χ4n) is 1.21. The smallest absolute Gasteiger partial charge is 0.240 e. The molecule has 1 rings (SSSR count). The standard InChI is InChI=1S/C9H17N3O/c1-4-5-7(2)10-6-9-11-8(3)12-13-9/h7,10H,4-6H2,1-3H3. The summed E-state index contributed by atoms with van der Waals surface area (Å²) < 4.78 is 4.97. The Balaban J connectivity index is 2.26. The van der Waals surface area contributed by atoms with E-state index in [1.54, 1.807) is 0 Å². The van der Waals surface area contributed by atoms with Crippen LogP contribution in [0.4, 0.5) is 0 Å². The number of nitrogens with one attached hydrogen (secondary N) is 1. The van der Waals surface area contributed by atoms with Crippen LogP contribution in [0.15, 0.2) is 4.52 Å². The zero-order chi connectivity index (χ0) is 9.68. The Kier molecular flexibility index (Phi) is 3.89. The first kappa shape index (κ1) is 10.2. The van der Waals surface area contributed by atoms with Crippen molar-refractivity contribution in [3.8, 4) is 0 Å². The lowest BCUT2D eigenvalue weighted by atomic mass is 10.2. The van der Waals surface area contributed by atoms with Crippen LogP contribution in [0.25, 0.3) is 0 Å². The van der Waals surface area contributed by atoms with E-state index >= 15 is 0 Å². The Morgan fingerprint density at radius 1 is 1.54 bits per heavy atom. The molecule has 1 atom stereocenters. The normalized spacial score (nSPS) is 13.2. The molecule has 74 valence electrons. The summed E-state index contributed by atoms with van der Waals surface area (Å²) in [5.74, 6) is 1.36. The number of rotatable bonds is 5. The third kappa shape index (κ3) is 3.55. The van der Waals surface area contributed by atoms with Gasteiger partial charge in [0.2, 0.25) is 5.89 Å². The van der Waals surface area contributed by atoms with E-state index in [9.17, 15) is 0 Å². The second-order valence-corrected chi connectivity index (χ2v) is 3.31. The van der Waals surface area contributed by atoms with E-state index in [-0.39, 0.29) is 0 Å². The van der Waals surface area contributed by atoms with Crippen molar-refractivity contribution in [3.05, 3.63) is 11.7 Å². The van der Waals surface area contributed by atoms with Gasteiger partial charge in [0.05, 0.1) is 6.54 Å². The van der Waals surface area contributed by atoms with Gasteiger partial charge in [-0.15, -0.1) is 0 Å². The lowest BCUT2D eigenvalue weighted by Gasteiger charge is -2.09. The molecule has 1 aromatic heterocycles. The van der Waals surface area contributed by atoms with E-state index in [0.717, 1.165) is 0 Å². The molecule has 0 radical (unpaired) electrons. The third-order valence-electron chi connectivity index (χ3n) is 1.89. The van der Waals surface area contributed by atoms with Gasteiger partial charge >= 0.3 is 0 Å². The maximum absolute atomic E-state index is 4.97. The second kappa shape index (κ2) is 4.97. The third-order valence-corrected chi connectivity index (χ3v) is 1.89. The van der Waals surface area contributed by atoms with E-state index in [1.165, 1.54) is 12.8 Å². The Bertz CT molecular complexity index is 247. The van der Waals surface area contributed by atoms with Gasteiger partial charge in [-0.25, -0.2) is 0 Å². The zero-order valence-corrected chi connectivity index (χ0v) is 8.50. The number of aryl methyl sites for hydroxylation is 1. The largest absolute Gasteiger partial charge is 0.338 e. The molecule has 4 heteroatoms. The van der Waals surface area contributed by atoms with Gasteiger partial charge in [0.1, 0.15) is 0 Å². The highest BCUT2D eigenvalue weighted by Crippen LogP contribution is 1.98. The molecule has 0 aliphatic carbocycles. The summed E-state index contributed by atoms with van der Waals surface area (Å²) in [5, 5.41) is 7.03. The van der Waals surface area contributed by atoms with Crippen LogP contribution in [0.3, 0.4) is 0 Å². The van der Waals surface area contributed by atoms with Gasteiger partial charge < -0.3 is 9.84 Å². The average Bonchev–Trinajstić information content (AvgIpc) is 2.49. The Morgan fingerprint density at radius 2 is 2.31 bits per heavy atom. The first-order valence-electron chi connectivity index (χ1n) is 4.75. The molecule has 1 N–H and O–H groups in total. The lowest BCUT2D eigenvalue weighted by molar-refractivity contribution is 0.353. The molecular formula is C9H17N3O. The lowest BCUT2D eigenvalue weighted by Crippen LogP contribution is -2.25. The molecule has 0 amide bonds. The summed E-state index contributed by atoms with van der Waals surface area (Å²) in [6, 6.07) is 0.511. The minimum Gasteiger partial charge on any atom is -0.338 e. The number of hydrogen-bond acceptors (Lipinski definition) is 4. The van der Waals surface area contributed by atoms with Crippen molar-refractivity contribution in [3.63, 3.8) is 0 Å². The number of hydrogen-bond donors (Lipinski definition) is 1. The van der Waals surface area contributed by atoms with Crippen LogP contribution in [0.5, 0.6) is 0 Å². The van der Waals surface area contributed by atoms with Gasteiger partial charge in [0.15, 0.2) is 5.82 Å². The van der Waals surface area contributed by atoms with Gasteiger partial charge in [-0.05, 0) is 20.3 Å². The van der Waals surface area contributed by atoms with Crippen LogP contribution in [0, 0.1) is 6.92 Å². The molecule has 4 nitrogen and oxygen atoms in total. The predicted octanol–water partition coefficient (Wildman–Crippen LogP) is 1.66. The first-order valence-corrected chi connectivity index (χ1v) is 4.75. The van der Waals surface area contributed by atoms with E-state index in [1.807, 2.05) is 6.92 Å². The summed E-state index contributed by atoms with van der Waals surface area (Å²) in [6.45, 7) is 6.83. The van der Waals surface area contributed by atoms with E-state index < -0.39 is 0 Å². The van der Waals surface area contributed by atoms with Crippen molar-refractivity contribution in [1.29, 1.82) is 0 Å². The molecule has 0 bridgehead atoms. The summed E-state index contributed by atoms with van der Waals surface area (Å²) >= 11 is 0. The SMILES string of the molecule is CCCC(C)NCc1nc(C)no1. The number of aromatic nitrogens is 2. The van der Waals surface area contributed by atoms with Gasteiger partial charge in [-0.2, -0.15) is 4.98 Å². The van der Waals surface area contributed by atoms with Crippen molar-refractivity contribution < 1.29 is 4.52 Å². The Labute approximate surface area is 78.7 Å². The van der Waals surface area contributed by atoms with Crippen LogP contribution >= 0.6 is 0 Å². The molecule has 0 spiro atoms. The van der Waals surface area contributed by atoms with Crippen molar-refractivity contribution in [2.24, 2.45) is 0 Å². The molecule has 0 fully saturated rings. The molecule has 0 aliphatic heterocycles. The molecule has 13 heavy (non-hydrogen) atoms. The van der Waals surface area contributed by atoms with Gasteiger partial charge in [-0.1, -0.05) is 18.5 Å². The average molecular weight is 183 g/mol. The Morgan fingerprint density at radius 3 is 2.85 bits per heavy atom. The maximum atomic E-state index is 4.97. The second-order valence-electron chi connectivity index (χ2n) is 3.31. The summed E-state index contributed by atoms with van der Waals surface area (Å²) in [7, 11) is 0. The van der Waals surface area contributed by atoms with E-state index in [0.29, 0.717) is 24.3 Å². The molecule has 1 aromatic rings. The molecule has 0 saturated heterocycles. The molecular weight excluding hydrogens is 166 g/mol. The molecule has 0 aliphatic rings. The molecule has 1 unspecified atom stereocenters. The Hall–Kier alpha value is -0.900. The molecule has 0 aromatic carbocycles. The summed E-state index contributed by atoms with van der Waals surface area (Å²) in [4.78, 5) is 4.10. The fourth-order valence-corrected chi connectivity index (χ4v) is 1.21. The minimum atomic E-state index is 0.511. The number of nitrogens with zero attached hydrogens (tertiary/aromatic N) is 2. The fraction of sp³-hybridized carbons (Fsp3) is 0.778. The van der Waals surface area contributed by atoms with Gasteiger partial charge in [0, 0.05) is 6.04 Å². The topological polar surface area (TPSA) is 51.0 Å². The highest BCUT2D eigenvalue weighted by Gasteiger charge is 2.04. The molecule has 1 heterocycles. The van der Waals surface area contributed by atoms with Gasteiger partial charge in [-0.3, -0.25) is 0 Å². The molecule has 0 saturated carbocycles. The highest BCUT2D eigenvalue weighted by molar-refractivity contribution is 4.82. The first-order chi connectivity index (χ1) is 6.22. The zero-order valence-electron chi connectivity index (χ0n) is 8.50. The van der Waals surface area contributed by atoms with Crippen LogP contribution in [-0.2, 0) is 6.54 Å². The minimum absolute atomic E-state index is 0.511. The van der Waals surface area contributed by atoms with Crippen LogP contribution < -0.4 is 5.32 Å². The van der Waals surface area contributed by atoms with Crippen molar-refractivity contribution in [2.45, 2.75) is 46.2 Å². The highest BCUT2D eigenvalue weighted by atomic mass is 16.5. The van der Waals surface area contributed by atoms with Crippen molar-refractivity contribution in [2.75, 3.05) is 0 Å². The van der Waals surface area contributed by atoms with E-state index in [2.05, 4.69) is 29.3 Å². The van der Waals surface area contributed by atoms with Crippen LogP contribution in [0.2, 0.25) is 0 Å². The summed E-state index contributed by atoms with van der Waals surface area (Å²) in [5.41, 5.74) is 0. The van der Waals surface area contributed by atoms with Crippen molar-refractivity contribution >= 4 is 0 Å². The van der Waals surface area contributed by atoms with Crippen molar-refractivity contribution in [1.82, 2.24) is 15.5 Å². The van der Waals surface area contributed by atoms with E-state index in [4.69, 9.17) is 4.52 Å².